The van der Waals surface area contributed by atoms with Gasteiger partial charge in [-0.2, -0.15) is 0 Å². The fourth-order valence-electron chi connectivity index (χ4n) is 0.632. The van der Waals surface area contributed by atoms with Gasteiger partial charge in [0.1, 0.15) is 6.04 Å². The van der Waals surface area contributed by atoms with Crippen molar-refractivity contribution in [3.8, 4) is 0 Å². The third kappa shape index (κ3) is 75.0. The molecular weight excluding hydrogens is 361 g/mol. The van der Waals surface area contributed by atoms with E-state index in [1.165, 1.54) is 0 Å². The van der Waals surface area contributed by atoms with E-state index in [9.17, 15) is 4.79 Å². The van der Waals surface area contributed by atoms with Crippen molar-refractivity contribution in [2.75, 3.05) is 6.54 Å². The molecule has 0 aromatic heterocycles. The average Bonchev–Trinajstić information content (AvgIpc) is 2.12. The summed E-state index contributed by atoms with van der Waals surface area (Å²) in [7, 11) is -9.28. The van der Waals surface area contributed by atoms with Crippen LogP contribution in [0.4, 0.5) is 0 Å². The Bertz CT molecular complexity index is 314. The molecule has 126 valence electrons. The van der Waals surface area contributed by atoms with Crippen LogP contribution in [-0.2, 0) is 13.9 Å². The molecule has 0 heterocycles. The first kappa shape index (κ1) is 30.2. The second kappa shape index (κ2) is 16.1. The minimum absolute atomic E-state index is 0. The summed E-state index contributed by atoms with van der Waals surface area (Å²) in [4.78, 5) is 53.3. The van der Waals surface area contributed by atoms with Gasteiger partial charge in [-0.3, -0.25) is 4.79 Å². The predicted octanol–water partition coefficient (Wildman–Crippen LogP) is -5.21. The minimum atomic E-state index is -4.64. The topological polar surface area (TPSA) is 245 Å². The molecule has 15 heteroatoms. The monoisotopic (exact) mass is 382 g/mol. The second-order valence-corrected chi connectivity index (χ2v) is 5.31. The van der Waals surface area contributed by atoms with Gasteiger partial charge in [-0.25, -0.2) is 9.13 Å². The van der Waals surface area contributed by atoms with Crippen molar-refractivity contribution in [1.82, 2.24) is 0 Å². The Morgan fingerprint density at radius 1 is 1.00 bits per heavy atom. The maximum Gasteiger partial charge on any atom is 1.00 e. The van der Waals surface area contributed by atoms with E-state index in [1.54, 1.807) is 0 Å². The van der Waals surface area contributed by atoms with Crippen LogP contribution in [0.25, 0.3) is 0 Å². The molecular formula is C6H21KN2O10P2. The van der Waals surface area contributed by atoms with Crippen molar-refractivity contribution >= 4 is 21.6 Å². The molecule has 0 aliphatic heterocycles. The molecule has 0 saturated heterocycles. The third-order valence-corrected chi connectivity index (χ3v) is 1.29. The van der Waals surface area contributed by atoms with E-state index in [4.69, 9.17) is 55.1 Å². The van der Waals surface area contributed by atoms with Gasteiger partial charge in [0.2, 0.25) is 0 Å². The Morgan fingerprint density at radius 3 is 1.48 bits per heavy atom. The van der Waals surface area contributed by atoms with Crippen LogP contribution in [-0.4, -0.2) is 53.0 Å². The molecule has 0 aliphatic carbocycles. The second-order valence-electron chi connectivity index (χ2n) is 3.26. The molecule has 12 nitrogen and oxygen atoms in total. The van der Waals surface area contributed by atoms with Gasteiger partial charge in [0.15, 0.2) is 0 Å². The van der Waals surface area contributed by atoms with Crippen LogP contribution in [0.5, 0.6) is 0 Å². The van der Waals surface area contributed by atoms with Gasteiger partial charge in [-0.1, -0.05) is 6.42 Å². The molecule has 0 aromatic rings. The predicted molar refractivity (Wildman–Crippen MR) is 68.2 cm³/mol. The number of nitrogens with two attached hydrogens (primary N) is 2. The zero-order valence-electron chi connectivity index (χ0n) is 12.3. The Labute approximate surface area is 164 Å². The Kier molecular flexibility index (Phi) is 23.1. The van der Waals surface area contributed by atoms with E-state index in [0.29, 0.717) is 13.0 Å². The van der Waals surface area contributed by atoms with Crippen molar-refractivity contribution in [1.29, 1.82) is 0 Å². The maximum atomic E-state index is 10.1. The van der Waals surface area contributed by atoms with Gasteiger partial charge < -0.3 is 47.4 Å². The summed E-state index contributed by atoms with van der Waals surface area (Å²) in [5.74, 6) is -0.933. The summed E-state index contributed by atoms with van der Waals surface area (Å²) >= 11 is 0. The summed E-state index contributed by atoms with van der Waals surface area (Å²) in [6.45, 7) is 0.604. The summed E-state index contributed by atoms with van der Waals surface area (Å²) in [5.41, 5.74) is 10.4. The summed E-state index contributed by atoms with van der Waals surface area (Å²) < 4.78 is 17.8. The van der Waals surface area contributed by atoms with E-state index in [0.717, 1.165) is 12.8 Å². The van der Waals surface area contributed by atoms with E-state index in [2.05, 4.69) is 0 Å². The van der Waals surface area contributed by atoms with E-state index in [1.807, 2.05) is 0 Å². The van der Waals surface area contributed by atoms with Gasteiger partial charge in [-0.15, -0.1) is 0 Å². The van der Waals surface area contributed by atoms with Gasteiger partial charge in [0.05, 0.1) is 0 Å². The molecule has 0 radical (unpaired) electrons. The van der Waals surface area contributed by atoms with Crippen LogP contribution in [0.1, 0.15) is 20.7 Å². The van der Waals surface area contributed by atoms with Crippen LogP contribution >= 0.6 is 15.6 Å². The first-order chi connectivity index (χ1) is 8.68. The van der Waals surface area contributed by atoms with Crippen molar-refractivity contribution in [2.24, 2.45) is 11.5 Å². The number of phosphoric acid groups is 2. The molecule has 0 aromatic carbocycles. The Morgan fingerprint density at radius 2 is 1.29 bits per heavy atom. The number of aliphatic carboxylic acids is 1. The molecule has 11 N–H and O–H groups in total. The number of carboxylic acids is 1. The van der Waals surface area contributed by atoms with Gasteiger partial charge in [0, 0.05) is 0 Å². The molecule has 0 spiro atoms. The van der Waals surface area contributed by atoms with Crippen molar-refractivity contribution in [3.63, 3.8) is 0 Å². The summed E-state index contributed by atoms with van der Waals surface area (Å²) in [5, 5.41) is 8.33. The summed E-state index contributed by atoms with van der Waals surface area (Å²) in [6, 6.07) is -0.716. The maximum absolute atomic E-state index is 10.1. The number of hydrogen-bond acceptors (Lipinski definition) is 5. The molecule has 1 unspecified atom stereocenters. The quantitative estimate of drug-likeness (QED) is 0.123. The molecule has 1 atom stereocenters. The van der Waals surface area contributed by atoms with Crippen LogP contribution in [0.15, 0.2) is 0 Å². The molecule has 0 bridgehead atoms. The van der Waals surface area contributed by atoms with Gasteiger partial charge >= 0.3 is 73.0 Å². The molecule has 0 fully saturated rings. The fourth-order valence-corrected chi connectivity index (χ4v) is 0.632. The van der Waals surface area contributed by atoms with Crippen LogP contribution in [0.2, 0.25) is 0 Å². The SMILES string of the molecule is NCCCCC(N)C(=O)O.O=P(O)(O)O.O=P(O)(O)O.[H-].[K+]. The fraction of sp³-hybridized carbons (Fsp3) is 0.833. The standard InChI is InChI=1S/C6H14N2O2.K.2H3O4P.H/c7-4-2-1-3-5(8)6(9)10;;2*1-5(2,3)4;/h5H,1-4,7-8H2,(H,9,10);;2*(H3,1,2,3,4);/q;+1;;;-1. The van der Waals surface area contributed by atoms with Crippen molar-refractivity contribution in [3.05, 3.63) is 0 Å². The number of hydrogen-bond donors (Lipinski definition) is 9. The number of carbonyl (C=O) groups is 1. The minimum Gasteiger partial charge on any atom is -1.00 e. The molecule has 0 amide bonds. The molecule has 0 rings (SSSR count). The third-order valence-electron chi connectivity index (χ3n) is 1.29. The van der Waals surface area contributed by atoms with Crippen molar-refractivity contribution < 1.29 is 101 Å². The van der Waals surface area contributed by atoms with Crippen LogP contribution in [0.3, 0.4) is 0 Å². The zero-order valence-corrected chi connectivity index (χ0v) is 16.2. The first-order valence-corrected chi connectivity index (χ1v) is 8.06. The number of unbranched alkanes of at least 4 members (excludes halogenated alkanes) is 1. The van der Waals surface area contributed by atoms with Crippen LogP contribution in [0, 0.1) is 0 Å². The van der Waals surface area contributed by atoms with E-state index >= 15 is 0 Å². The normalized spacial score (nSPS) is 11.8. The largest absolute Gasteiger partial charge is 1.00 e. The van der Waals surface area contributed by atoms with Gasteiger partial charge in [-0.05, 0) is 19.4 Å². The number of carboxylic acid groups (broad SMARTS) is 1. The molecule has 0 aliphatic rings. The Balaban J connectivity index is -0.0000000692. The van der Waals surface area contributed by atoms with Gasteiger partial charge in [0.25, 0.3) is 0 Å². The summed E-state index contributed by atoms with van der Waals surface area (Å²) in [6.07, 6.45) is 2.16. The molecule has 0 saturated carbocycles. The van der Waals surface area contributed by atoms with E-state index in [-0.39, 0.29) is 52.8 Å². The van der Waals surface area contributed by atoms with Crippen molar-refractivity contribution in [2.45, 2.75) is 25.3 Å². The van der Waals surface area contributed by atoms with Crippen LogP contribution < -0.4 is 62.9 Å². The van der Waals surface area contributed by atoms with E-state index < -0.39 is 27.7 Å². The Hall–Kier alpha value is 1.25. The smallest absolute Gasteiger partial charge is 1.00 e. The average molecular weight is 382 g/mol. The number of rotatable bonds is 5. The first-order valence-electron chi connectivity index (χ1n) is 4.93. The molecule has 21 heavy (non-hydrogen) atoms. The zero-order chi connectivity index (χ0) is 17.0.